The molecule has 2 aromatic carbocycles. The van der Waals surface area contributed by atoms with Crippen LogP contribution in [-0.2, 0) is 14.8 Å². The summed E-state index contributed by atoms with van der Waals surface area (Å²) in [7, 11) is -2.35. The van der Waals surface area contributed by atoms with Crippen molar-refractivity contribution in [3.63, 3.8) is 0 Å². The molecule has 190 valence electrons. The summed E-state index contributed by atoms with van der Waals surface area (Å²) in [4.78, 5) is 28.8. The summed E-state index contributed by atoms with van der Waals surface area (Å²) in [6.07, 6.45) is 0.806. The summed E-state index contributed by atoms with van der Waals surface area (Å²) in [6.45, 7) is 8.99. The Balaban J connectivity index is 1.94. The predicted octanol–water partition coefficient (Wildman–Crippen LogP) is 2.11. The molecule has 9 nitrogen and oxygen atoms in total. The number of nitrogens with one attached hydrogen (secondary N) is 3. The molecule has 1 fully saturated rings. The van der Waals surface area contributed by atoms with Gasteiger partial charge in [-0.1, -0.05) is 19.1 Å². The Morgan fingerprint density at radius 2 is 1.80 bits per heavy atom. The van der Waals surface area contributed by atoms with Crippen LogP contribution in [0.3, 0.4) is 0 Å². The number of sulfonamides is 1. The van der Waals surface area contributed by atoms with Gasteiger partial charge in [-0.25, -0.2) is 8.42 Å². The van der Waals surface area contributed by atoms with E-state index in [4.69, 9.17) is 0 Å². The summed E-state index contributed by atoms with van der Waals surface area (Å²) in [5.41, 5.74) is 2.82. The Kier molecular flexibility index (Phi) is 8.74. The normalized spacial score (nSPS) is 13.9. The Morgan fingerprint density at radius 1 is 1.09 bits per heavy atom. The fraction of sp³-hybridized carbons (Fsp3) is 0.440. The van der Waals surface area contributed by atoms with Crippen LogP contribution in [0.5, 0.6) is 0 Å². The van der Waals surface area contributed by atoms with E-state index in [2.05, 4.69) is 20.3 Å². The minimum absolute atomic E-state index is 0.0814. The number of benzene rings is 2. The van der Waals surface area contributed by atoms with Crippen LogP contribution in [0.4, 0.5) is 11.4 Å². The van der Waals surface area contributed by atoms with E-state index in [-0.39, 0.29) is 23.3 Å². The SMILES string of the molecule is CCCNC(=O)CN(C)C(=O)c1ccc(N2CCNCC2)c(NS(=O)(=O)c2cc(C)ccc2C)c1. The highest BCUT2D eigenvalue weighted by atomic mass is 32.2. The zero-order chi connectivity index (χ0) is 25.6. The molecule has 0 radical (unpaired) electrons. The molecule has 1 aliphatic heterocycles. The first kappa shape index (κ1) is 26.5. The van der Waals surface area contributed by atoms with Gasteiger partial charge in [-0.15, -0.1) is 0 Å². The van der Waals surface area contributed by atoms with E-state index in [0.29, 0.717) is 42.1 Å². The van der Waals surface area contributed by atoms with Gasteiger partial charge >= 0.3 is 0 Å². The second-order valence-corrected chi connectivity index (χ2v) is 10.5. The van der Waals surface area contributed by atoms with Crippen molar-refractivity contribution < 1.29 is 18.0 Å². The van der Waals surface area contributed by atoms with Crippen molar-refractivity contribution in [2.75, 3.05) is 55.9 Å². The second kappa shape index (κ2) is 11.5. The maximum atomic E-state index is 13.4. The van der Waals surface area contributed by atoms with Crippen LogP contribution in [0.25, 0.3) is 0 Å². The number of rotatable bonds is 9. The van der Waals surface area contributed by atoms with Gasteiger partial charge in [0.2, 0.25) is 5.91 Å². The first-order chi connectivity index (χ1) is 16.6. The zero-order valence-corrected chi connectivity index (χ0v) is 21.7. The number of aryl methyl sites for hydroxylation is 2. The van der Waals surface area contributed by atoms with Gasteiger partial charge in [0.1, 0.15) is 0 Å². The van der Waals surface area contributed by atoms with E-state index in [1.807, 2.05) is 19.9 Å². The van der Waals surface area contributed by atoms with Crippen molar-refractivity contribution in [2.45, 2.75) is 32.1 Å². The highest BCUT2D eigenvalue weighted by Gasteiger charge is 2.24. The fourth-order valence-electron chi connectivity index (χ4n) is 3.96. The van der Waals surface area contributed by atoms with Gasteiger partial charge in [-0.3, -0.25) is 14.3 Å². The molecule has 2 aromatic rings. The van der Waals surface area contributed by atoms with E-state index in [9.17, 15) is 18.0 Å². The second-order valence-electron chi connectivity index (χ2n) is 8.85. The molecule has 1 saturated heterocycles. The van der Waals surface area contributed by atoms with Gasteiger partial charge < -0.3 is 20.4 Å². The van der Waals surface area contributed by atoms with Gasteiger partial charge in [-0.2, -0.15) is 0 Å². The lowest BCUT2D eigenvalue weighted by molar-refractivity contribution is -0.121. The van der Waals surface area contributed by atoms with Crippen molar-refractivity contribution in [3.05, 3.63) is 53.1 Å². The Morgan fingerprint density at radius 3 is 2.49 bits per heavy atom. The molecule has 0 aliphatic carbocycles. The van der Waals surface area contributed by atoms with Crippen LogP contribution in [0.15, 0.2) is 41.3 Å². The minimum Gasteiger partial charge on any atom is -0.367 e. The van der Waals surface area contributed by atoms with Crippen LogP contribution in [0, 0.1) is 13.8 Å². The summed E-state index contributed by atoms with van der Waals surface area (Å²) >= 11 is 0. The average molecular weight is 502 g/mol. The molecule has 0 saturated carbocycles. The predicted molar refractivity (Wildman–Crippen MR) is 139 cm³/mol. The number of carbonyl (C=O) groups excluding carboxylic acids is 2. The van der Waals surface area contributed by atoms with Crippen LogP contribution >= 0.6 is 0 Å². The molecular formula is C25H35N5O4S. The molecular weight excluding hydrogens is 466 g/mol. The molecule has 35 heavy (non-hydrogen) atoms. The molecule has 3 N–H and O–H groups in total. The molecule has 10 heteroatoms. The van der Waals surface area contributed by atoms with Crippen LogP contribution in [-0.4, -0.2) is 71.4 Å². The van der Waals surface area contributed by atoms with Gasteiger partial charge in [0.15, 0.2) is 0 Å². The molecule has 2 amide bonds. The maximum absolute atomic E-state index is 13.4. The van der Waals surface area contributed by atoms with E-state index in [1.54, 1.807) is 44.3 Å². The van der Waals surface area contributed by atoms with Gasteiger partial charge in [0.05, 0.1) is 22.8 Å². The number of hydrogen-bond acceptors (Lipinski definition) is 6. The van der Waals surface area contributed by atoms with E-state index in [0.717, 1.165) is 25.1 Å². The number of nitrogens with zero attached hydrogens (tertiary/aromatic N) is 2. The van der Waals surface area contributed by atoms with Crippen molar-refractivity contribution in [1.29, 1.82) is 0 Å². The molecule has 0 atom stereocenters. The summed E-state index contributed by atoms with van der Waals surface area (Å²) < 4.78 is 29.5. The van der Waals surface area contributed by atoms with Crippen molar-refractivity contribution >= 4 is 33.2 Å². The fourth-order valence-corrected chi connectivity index (χ4v) is 5.35. The summed E-state index contributed by atoms with van der Waals surface area (Å²) in [5, 5.41) is 6.04. The number of amides is 2. The Labute approximate surface area is 207 Å². The first-order valence-corrected chi connectivity index (χ1v) is 13.3. The minimum atomic E-state index is -3.90. The van der Waals surface area contributed by atoms with Crippen molar-refractivity contribution in [1.82, 2.24) is 15.5 Å². The third-order valence-electron chi connectivity index (χ3n) is 5.88. The first-order valence-electron chi connectivity index (χ1n) is 11.8. The smallest absolute Gasteiger partial charge is 0.262 e. The highest BCUT2D eigenvalue weighted by molar-refractivity contribution is 7.92. The lowest BCUT2D eigenvalue weighted by Crippen LogP contribution is -2.44. The largest absolute Gasteiger partial charge is 0.367 e. The van der Waals surface area contributed by atoms with E-state index >= 15 is 0 Å². The van der Waals surface area contributed by atoms with Crippen LogP contribution in [0.2, 0.25) is 0 Å². The number of piperazine rings is 1. The average Bonchev–Trinajstić information content (AvgIpc) is 2.83. The topological polar surface area (TPSA) is 111 Å². The van der Waals surface area contributed by atoms with Gasteiger partial charge in [0.25, 0.3) is 15.9 Å². The third-order valence-corrected chi connectivity index (χ3v) is 7.39. The lowest BCUT2D eigenvalue weighted by Gasteiger charge is -2.31. The standard InChI is InChI=1S/C25H35N5O4S/c1-5-10-27-24(31)17-29(4)25(32)20-8-9-22(30-13-11-26-12-14-30)21(16-20)28-35(33,34)23-15-18(2)6-7-19(23)3/h6-9,15-16,26,28H,5,10-14,17H2,1-4H3,(H,27,31). The molecule has 3 rings (SSSR count). The number of likely N-dealkylation sites (N-methyl/N-ethyl adjacent to an activating group) is 1. The molecule has 0 aromatic heterocycles. The van der Waals surface area contributed by atoms with Crippen LogP contribution < -0.4 is 20.3 Å². The van der Waals surface area contributed by atoms with Crippen molar-refractivity contribution in [2.24, 2.45) is 0 Å². The lowest BCUT2D eigenvalue weighted by atomic mass is 10.1. The summed E-state index contributed by atoms with van der Waals surface area (Å²) in [5.74, 6) is -0.605. The van der Waals surface area contributed by atoms with E-state index < -0.39 is 10.0 Å². The molecule has 1 aliphatic rings. The number of carbonyl (C=O) groups is 2. The Bertz CT molecular complexity index is 1180. The van der Waals surface area contributed by atoms with E-state index in [1.165, 1.54) is 4.90 Å². The monoisotopic (exact) mass is 501 g/mol. The molecule has 1 heterocycles. The number of anilines is 2. The van der Waals surface area contributed by atoms with Gasteiger partial charge in [0, 0.05) is 45.3 Å². The van der Waals surface area contributed by atoms with Crippen molar-refractivity contribution in [3.8, 4) is 0 Å². The third kappa shape index (κ3) is 6.73. The van der Waals surface area contributed by atoms with Crippen LogP contribution in [0.1, 0.15) is 34.8 Å². The van der Waals surface area contributed by atoms with Gasteiger partial charge in [-0.05, 0) is 55.7 Å². The zero-order valence-electron chi connectivity index (χ0n) is 20.8. The summed E-state index contributed by atoms with van der Waals surface area (Å²) in [6, 6.07) is 10.3. The molecule has 0 bridgehead atoms. The highest BCUT2D eigenvalue weighted by Crippen LogP contribution is 2.31. The molecule has 0 spiro atoms. The Hall–Kier alpha value is -3.11. The molecule has 0 unspecified atom stereocenters. The quantitative estimate of drug-likeness (QED) is 0.485. The number of hydrogen-bond donors (Lipinski definition) is 3. The maximum Gasteiger partial charge on any atom is 0.262 e.